The molecule has 1 amide bonds. The Labute approximate surface area is 111 Å². The largest absolute Gasteiger partial charge is 0.388 e. The molecule has 1 aliphatic heterocycles. The summed E-state index contributed by atoms with van der Waals surface area (Å²) in [6, 6.07) is 5.78. The van der Waals surface area contributed by atoms with Crippen LogP contribution in [0.2, 0.25) is 0 Å². The number of aliphatic hydroxyl groups is 1. The van der Waals surface area contributed by atoms with E-state index in [9.17, 15) is 14.3 Å². The Kier molecular flexibility index (Phi) is 4.87. The average Bonchev–Trinajstić information content (AvgIpc) is 2.93. The molecule has 19 heavy (non-hydrogen) atoms. The van der Waals surface area contributed by atoms with Crippen LogP contribution >= 0.6 is 0 Å². The van der Waals surface area contributed by atoms with Gasteiger partial charge in [0, 0.05) is 13.0 Å². The highest BCUT2D eigenvalue weighted by Gasteiger charge is 2.18. The zero-order valence-electron chi connectivity index (χ0n) is 10.7. The molecule has 1 saturated heterocycles. The van der Waals surface area contributed by atoms with Crippen molar-refractivity contribution in [1.82, 2.24) is 4.90 Å². The van der Waals surface area contributed by atoms with Gasteiger partial charge in [-0.05, 0) is 30.5 Å². The van der Waals surface area contributed by atoms with E-state index in [0.717, 1.165) is 0 Å². The summed E-state index contributed by atoms with van der Waals surface area (Å²) in [6.45, 7) is 1.63. The van der Waals surface area contributed by atoms with Crippen LogP contribution in [-0.4, -0.2) is 35.8 Å². The van der Waals surface area contributed by atoms with Crippen molar-refractivity contribution in [3.63, 3.8) is 0 Å². The van der Waals surface area contributed by atoms with Crippen molar-refractivity contribution in [2.24, 2.45) is 0 Å². The van der Waals surface area contributed by atoms with Crippen molar-refractivity contribution in [2.75, 3.05) is 19.9 Å². The van der Waals surface area contributed by atoms with Gasteiger partial charge >= 0.3 is 0 Å². The van der Waals surface area contributed by atoms with Gasteiger partial charge < -0.3 is 14.7 Å². The number of nitrogens with zero attached hydrogens (tertiary/aromatic N) is 1. The number of carbonyl (C=O) groups excluding carboxylic acids is 1. The first-order valence-corrected chi connectivity index (χ1v) is 6.46. The number of rotatable bonds is 5. The minimum absolute atomic E-state index is 0.0591. The summed E-state index contributed by atoms with van der Waals surface area (Å²) < 4.78 is 17.8. The van der Waals surface area contributed by atoms with Crippen LogP contribution in [0.25, 0.3) is 0 Å². The summed E-state index contributed by atoms with van der Waals surface area (Å²) in [7, 11) is 0. The van der Waals surface area contributed by atoms with Crippen LogP contribution in [0.4, 0.5) is 4.39 Å². The number of hydrogen-bond donors (Lipinski definition) is 1. The summed E-state index contributed by atoms with van der Waals surface area (Å²) >= 11 is 0. The minimum Gasteiger partial charge on any atom is -0.388 e. The van der Waals surface area contributed by atoms with Crippen LogP contribution in [0.1, 0.15) is 30.9 Å². The predicted octanol–water partition coefficient (Wildman–Crippen LogP) is 1.85. The van der Waals surface area contributed by atoms with Gasteiger partial charge in [-0.15, -0.1) is 0 Å². The van der Waals surface area contributed by atoms with Gasteiger partial charge in [0.05, 0.1) is 12.7 Å². The number of amides is 1. The van der Waals surface area contributed by atoms with Crippen molar-refractivity contribution < 1.29 is 19.0 Å². The molecule has 1 aliphatic rings. The molecule has 1 N–H and O–H groups in total. The second-order valence-electron chi connectivity index (χ2n) is 4.65. The molecular weight excluding hydrogens is 249 g/mol. The second kappa shape index (κ2) is 6.63. The lowest BCUT2D eigenvalue weighted by Gasteiger charge is -2.14. The van der Waals surface area contributed by atoms with Gasteiger partial charge in [0.1, 0.15) is 12.5 Å². The lowest BCUT2D eigenvalue weighted by molar-refractivity contribution is -0.131. The fourth-order valence-electron chi connectivity index (χ4n) is 2.07. The third-order valence-electron chi connectivity index (χ3n) is 3.23. The number of hydrogen-bond acceptors (Lipinski definition) is 3. The monoisotopic (exact) mass is 267 g/mol. The van der Waals surface area contributed by atoms with E-state index in [1.165, 1.54) is 12.1 Å². The zero-order chi connectivity index (χ0) is 13.7. The first-order chi connectivity index (χ1) is 9.16. The first-order valence-electron chi connectivity index (χ1n) is 6.46. The average molecular weight is 267 g/mol. The van der Waals surface area contributed by atoms with Crippen LogP contribution < -0.4 is 0 Å². The third-order valence-corrected chi connectivity index (χ3v) is 3.23. The van der Waals surface area contributed by atoms with E-state index in [2.05, 4.69) is 0 Å². The van der Waals surface area contributed by atoms with E-state index in [0.29, 0.717) is 44.7 Å². The van der Waals surface area contributed by atoms with Gasteiger partial charge in [-0.3, -0.25) is 4.79 Å². The van der Waals surface area contributed by atoms with Crippen LogP contribution in [0.15, 0.2) is 24.3 Å². The van der Waals surface area contributed by atoms with Gasteiger partial charge in [0.25, 0.3) is 0 Å². The van der Waals surface area contributed by atoms with E-state index in [-0.39, 0.29) is 11.7 Å². The normalized spacial score (nSPS) is 16.6. The van der Waals surface area contributed by atoms with Crippen LogP contribution in [-0.2, 0) is 9.53 Å². The molecule has 5 heteroatoms. The van der Waals surface area contributed by atoms with Gasteiger partial charge in [-0.2, -0.15) is 0 Å². The van der Waals surface area contributed by atoms with Crippen LogP contribution in [0.5, 0.6) is 0 Å². The lowest BCUT2D eigenvalue weighted by atomic mass is 10.0. The zero-order valence-corrected chi connectivity index (χ0v) is 10.7. The van der Waals surface area contributed by atoms with Crippen LogP contribution in [0, 0.1) is 5.82 Å². The lowest BCUT2D eigenvalue weighted by Crippen LogP contribution is -2.27. The van der Waals surface area contributed by atoms with Crippen molar-refractivity contribution in [1.29, 1.82) is 0 Å². The number of carbonyl (C=O) groups is 1. The second-order valence-corrected chi connectivity index (χ2v) is 4.65. The molecule has 1 heterocycles. The summed E-state index contributed by atoms with van der Waals surface area (Å²) in [6.07, 6.45) is 0.852. The molecule has 104 valence electrons. The maximum absolute atomic E-state index is 12.7. The molecule has 1 atom stereocenters. The Balaban J connectivity index is 1.72. The predicted molar refractivity (Wildman–Crippen MR) is 67.7 cm³/mol. The smallest absolute Gasteiger partial charge is 0.224 e. The molecule has 0 radical (unpaired) electrons. The summed E-state index contributed by atoms with van der Waals surface area (Å²) in [5.74, 6) is -0.260. The summed E-state index contributed by atoms with van der Waals surface area (Å²) in [5, 5.41) is 9.92. The molecule has 1 aromatic carbocycles. The maximum Gasteiger partial charge on any atom is 0.224 e. The quantitative estimate of drug-likeness (QED) is 0.885. The van der Waals surface area contributed by atoms with Crippen LogP contribution in [0.3, 0.4) is 0 Å². The van der Waals surface area contributed by atoms with E-state index in [1.807, 2.05) is 0 Å². The molecule has 1 aromatic rings. The fraction of sp³-hybridized carbons (Fsp3) is 0.500. The standard InChI is InChI=1S/C14H18FNO3/c15-12-6-4-11(5-7-12)13(17)2-1-3-14(18)16-8-9-19-10-16/h4-7,13,17H,1-3,8-10H2. The molecule has 0 bridgehead atoms. The minimum atomic E-state index is -0.650. The molecule has 1 fully saturated rings. The molecule has 0 aliphatic carbocycles. The molecule has 0 saturated carbocycles. The maximum atomic E-state index is 12.7. The number of benzene rings is 1. The third kappa shape index (κ3) is 4.01. The highest BCUT2D eigenvalue weighted by molar-refractivity contribution is 5.76. The van der Waals surface area contributed by atoms with Gasteiger partial charge in [-0.25, -0.2) is 4.39 Å². The van der Waals surface area contributed by atoms with E-state index in [1.54, 1.807) is 17.0 Å². The molecular formula is C14H18FNO3. The number of halogens is 1. The van der Waals surface area contributed by atoms with E-state index >= 15 is 0 Å². The van der Waals surface area contributed by atoms with Crippen molar-refractivity contribution in [3.05, 3.63) is 35.6 Å². The van der Waals surface area contributed by atoms with Gasteiger partial charge in [0.2, 0.25) is 5.91 Å². The Hall–Kier alpha value is -1.46. The molecule has 4 nitrogen and oxygen atoms in total. The Morgan fingerprint density at radius 2 is 2.16 bits per heavy atom. The highest BCUT2D eigenvalue weighted by Crippen LogP contribution is 2.19. The Morgan fingerprint density at radius 3 is 2.79 bits per heavy atom. The van der Waals surface area contributed by atoms with Gasteiger partial charge in [0.15, 0.2) is 0 Å². The first kappa shape index (κ1) is 14.0. The molecule has 0 aromatic heterocycles. The SMILES string of the molecule is O=C(CCCC(O)c1ccc(F)cc1)N1CCOC1. The topological polar surface area (TPSA) is 49.8 Å². The van der Waals surface area contributed by atoms with E-state index < -0.39 is 6.10 Å². The van der Waals surface area contributed by atoms with Crippen molar-refractivity contribution in [2.45, 2.75) is 25.4 Å². The Morgan fingerprint density at radius 1 is 1.42 bits per heavy atom. The van der Waals surface area contributed by atoms with Crippen molar-refractivity contribution >= 4 is 5.91 Å². The molecule has 1 unspecified atom stereocenters. The summed E-state index contributed by atoms with van der Waals surface area (Å²) in [4.78, 5) is 13.4. The number of ether oxygens (including phenoxy) is 1. The number of aliphatic hydroxyl groups excluding tert-OH is 1. The fourth-order valence-corrected chi connectivity index (χ4v) is 2.07. The Bertz CT molecular complexity index is 415. The molecule has 0 spiro atoms. The highest BCUT2D eigenvalue weighted by atomic mass is 19.1. The summed E-state index contributed by atoms with van der Waals surface area (Å²) in [5.41, 5.74) is 0.679. The molecule has 2 rings (SSSR count). The van der Waals surface area contributed by atoms with E-state index in [4.69, 9.17) is 4.74 Å². The van der Waals surface area contributed by atoms with Crippen molar-refractivity contribution in [3.8, 4) is 0 Å². The van der Waals surface area contributed by atoms with Gasteiger partial charge in [-0.1, -0.05) is 12.1 Å².